The molecule has 32 heavy (non-hydrogen) atoms. The molecular weight excluding hydrogens is 422 g/mol. The lowest BCUT2D eigenvalue weighted by atomic mass is 9.98. The first-order valence-corrected chi connectivity index (χ1v) is 12.0. The molecule has 2 aliphatic heterocycles. The molecule has 0 unspecified atom stereocenters. The monoisotopic (exact) mass is 451 g/mol. The first-order valence-electron chi connectivity index (χ1n) is 11.6. The van der Waals surface area contributed by atoms with Crippen LogP contribution in [0.4, 0.5) is 5.82 Å². The van der Waals surface area contributed by atoms with Crippen molar-refractivity contribution in [2.75, 3.05) is 24.5 Å². The van der Waals surface area contributed by atoms with Gasteiger partial charge in [0.2, 0.25) is 0 Å². The van der Waals surface area contributed by atoms with Gasteiger partial charge in [-0.2, -0.15) is 5.10 Å². The third kappa shape index (κ3) is 3.85. The van der Waals surface area contributed by atoms with E-state index in [1.165, 1.54) is 6.42 Å². The number of nitrogens with zero attached hydrogens (tertiary/aromatic N) is 5. The molecule has 5 rings (SSSR count). The molecule has 4 heterocycles. The Morgan fingerprint density at radius 2 is 1.94 bits per heavy atom. The molecule has 2 aromatic heterocycles. The predicted octanol–water partition coefficient (Wildman–Crippen LogP) is 5.21. The highest BCUT2D eigenvalue weighted by Crippen LogP contribution is 2.33. The zero-order valence-corrected chi connectivity index (χ0v) is 19.8. The fourth-order valence-corrected chi connectivity index (χ4v) is 5.18. The van der Waals surface area contributed by atoms with Gasteiger partial charge in [-0.3, -0.25) is 4.79 Å². The maximum atomic E-state index is 13.4. The Hall–Kier alpha value is -2.60. The van der Waals surface area contributed by atoms with Gasteiger partial charge in [-0.15, -0.1) is 0 Å². The van der Waals surface area contributed by atoms with Crippen LogP contribution in [0.25, 0.3) is 5.65 Å². The van der Waals surface area contributed by atoms with E-state index in [1.807, 2.05) is 28.5 Å². The molecular formula is C25H30ClN5O. The van der Waals surface area contributed by atoms with Gasteiger partial charge in [-0.05, 0) is 63.1 Å². The van der Waals surface area contributed by atoms with Crippen LogP contribution in [0.3, 0.4) is 0 Å². The number of halogens is 1. The fraction of sp³-hybridized carbons (Fsp3) is 0.480. The summed E-state index contributed by atoms with van der Waals surface area (Å²) in [7, 11) is 0. The summed E-state index contributed by atoms with van der Waals surface area (Å²) in [6, 6.07) is 7.57. The van der Waals surface area contributed by atoms with Gasteiger partial charge < -0.3 is 9.80 Å². The molecule has 168 valence electrons. The molecule has 2 saturated heterocycles. The van der Waals surface area contributed by atoms with E-state index >= 15 is 0 Å². The maximum absolute atomic E-state index is 13.4. The number of piperidine rings is 1. The molecule has 0 saturated carbocycles. The number of hydrogen-bond acceptors (Lipinski definition) is 4. The van der Waals surface area contributed by atoms with Gasteiger partial charge in [0.1, 0.15) is 5.82 Å². The van der Waals surface area contributed by atoms with Crippen LogP contribution in [0, 0.1) is 19.8 Å². The van der Waals surface area contributed by atoms with E-state index in [4.69, 9.17) is 21.7 Å². The SMILES string of the molecule is Cc1ccc(C(=O)N2CCCC[C@H]2c2cc3nc(N4CC[C@H](C)C4)c(C)cn3n2)cc1Cl. The van der Waals surface area contributed by atoms with Crippen molar-refractivity contribution in [3.05, 3.63) is 57.9 Å². The third-order valence-corrected chi connectivity index (χ3v) is 7.28. The largest absolute Gasteiger partial charge is 0.356 e. The lowest BCUT2D eigenvalue weighted by molar-refractivity contribution is 0.0605. The van der Waals surface area contributed by atoms with E-state index in [0.717, 1.165) is 67.2 Å². The van der Waals surface area contributed by atoms with E-state index in [2.05, 4.69) is 31.0 Å². The molecule has 7 heteroatoms. The molecule has 0 bridgehead atoms. The van der Waals surface area contributed by atoms with Gasteiger partial charge in [-0.25, -0.2) is 9.50 Å². The van der Waals surface area contributed by atoms with Crippen molar-refractivity contribution in [2.24, 2.45) is 5.92 Å². The van der Waals surface area contributed by atoms with Crippen LogP contribution in [0.1, 0.15) is 65.8 Å². The van der Waals surface area contributed by atoms with Crippen LogP contribution in [0.2, 0.25) is 5.02 Å². The summed E-state index contributed by atoms with van der Waals surface area (Å²) in [5, 5.41) is 5.48. The van der Waals surface area contributed by atoms with Gasteiger partial charge in [0.05, 0.1) is 11.7 Å². The molecule has 1 aromatic carbocycles. The third-order valence-electron chi connectivity index (χ3n) is 6.87. The molecule has 3 aromatic rings. The van der Waals surface area contributed by atoms with E-state index in [9.17, 15) is 4.79 Å². The normalized spacial score (nSPS) is 21.5. The summed E-state index contributed by atoms with van der Waals surface area (Å²) < 4.78 is 1.87. The van der Waals surface area contributed by atoms with Crippen LogP contribution in [-0.4, -0.2) is 45.0 Å². The number of benzene rings is 1. The van der Waals surface area contributed by atoms with Crippen molar-refractivity contribution >= 4 is 29.0 Å². The summed E-state index contributed by atoms with van der Waals surface area (Å²) in [5.74, 6) is 1.77. The highest BCUT2D eigenvalue weighted by Gasteiger charge is 2.31. The van der Waals surface area contributed by atoms with Gasteiger partial charge in [0.15, 0.2) is 5.65 Å². The average molecular weight is 452 g/mol. The van der Waals surface area contributed by atoms with Crippen molar-refractivity contribution in [1.29, 1.82) is 0 Å². The zero-order chi connectivity index (χ0) is 22.4. The van der Waals surface area contributed by atoms with Gasteiger partial charge in [-0.1, -0.05) is 24.6 Å². The summed E-state index contributed by atoms with van der Waals surface area (Å²) in [5.41, 5.74) is 4.50. The standard InChI is InChI=1S/C25H30ClN5O/c1-16-9-11-29(14-16)24-18(3)15-31-23(27-24)13-21(28-31)22-6-4-5-10-30(22)25(32)19-8-7-17(2)20(26)12-19/h7-8,12-13,15-16,22H,4-6,9-11,14H2,1-3H3/t16-,22-/m0/s1. The Kier molecular flexibility index (Phi) is 5.58. The number of amides is 1. The van der Waals surface area contributed by atoms with Crippen molar-refractivity contribution in [2.45, 2.75) is 52.5 Å². The van der Waals surface area contributed by atoms with Crippen LogP contribution in [0.15, 0.2) is 30.5 Å². The zero-order valence-electron chi connectivity index (χ0n) is 19.0. The molecule has 2 fully saturated rings. The molecule has 2 atom stereocenters. The molecule has 0 spiro atoms. The van der Waals surface area contributed by atoms with Gasteiger partial charge >= 0.3 is 0 Å². The Morgan fingerprint density at radius 1 is 1.09 bits per heavy atom. The lowest BCUT2D eigenvalue weighted by Gasteiger charge is -2.34. The quantitative estimate of drug-likeness (QED) is 0.548. The molecule has 1 amide bonds. The second-order valence-electron chi connectivity index (χ2n) is 9.43. The van der Waals surface area contributed by atoms with Crippen molar-refractivity contribution in [1.82, 2.24) is 19.5 Å². The maximum Gasteiger partial charge on any atom is 0.254 e. The Bertz CT molecular complexity index is 1170. The number of hydrogen-bond donors (Lipinski definition) is 0. The number of fused-ring (bicyclic) bond motifs is 1. The molecule has 0 radical (unpaired) electrons. The van der Waals surface area contributed by atoms with Gasteiger partial charge in [0, 0.05) is 48.0 Å². The highest BCUT2D eigenvalue weighted by molar-refractivity contribution is 6.31. The van der Waals surface area contributed by atoms with Crippen LogP contribution in [-0.2, 0) is 0 Å². The van der Waals surface area contributed by atoms with Crippen molar-refractivity contribution < 1.29 is 4.79 Å². The predicted molar refractivity (Wildman–Crippen MR) is 128 cm³/mol. The topological polar surface area (TPSA) is 53.7 Å². The van der Waals surface area contributed by atoms with Crippen molar-refractivity contribution in [3.63, 3.8) is 0 Å². The fourth-order valence-electron chi connectivity index (χ4n) is 5.00. The van der Waals surface area contributed by atoms with E-state index in [0.29, 0.717) is 16.5 Å². The Balaban J connectivity index is 1.47. The Labute approximate surface area is 194 Å². The van der Waals surface area contributed by atoms with Gasteiger partial charge in [0.25, 0.3) is 5.91 Å². The average Bonchev–Trinajstić information content (AvgIpc) is 3.40. The number of anilines is 1. The molecule has 0 aliphatic carbocycles. The minimum atomic E-state index is -0.0476. The Morgan fingerprint density at radius 3 is 2.69 bits per heavy atom. The number of aryl methyl sites for hydroxylation is 2. The minimum absolute atomic E-state index is 0.0181. The highest BCUT2D eigenvalue weighted by atomic mass is 35.5. The van der Waals surface area contributed by atoms with Crippen molar-refractivity contribution in [3.8, 4) is 0 Å². The first-order chi connectivity index (χ1) is 15.4. The second kappa shape index (κ2) is 8.39. The van der Waals surface area contributed by atoms with E-state index < -0.39 is 0 Å². The summed E-state index contributed by atoms with van der Waals surface area (Å²) >= 11 is 6.30. The molecule has 0 N–H and O–H groups in total. The van der Waals surface area contributed by atoms with Crippen LogP contribution < -0.4 is 4.90 Å². The molecule has 6 nitrogen and oxygen atoms in total. The lowest BCUT2D eigenvalue weighted by Crippen LogP contribution is -2.38. The second-order valence-corrected chi connectivity index (χ2v) is 9.84. The number of carbonyl (C=O) groups excluding carboxylic acids is 1. The van der Waals surface area contributed by atoms with Crippen LogP contribution >= 0.6 is 11.6 Å². The van der Waals surface area contributed by atoms with Crippen LogP contribution in [0.5, 0.6) is 0 Å². The minimum Gasteiger partial charge on any atom is -0.356 e. The first kappa shape index (κ1) is 21.3. The molecule has 2 aliphatic rings. The number of rotatable bonds is 3. The smallest absolute Gasteiger partial charge is 0.254 e. The number of aromatic nitrogens is 3. The summed E-state index contributed by atoms with van der Waals surface area (Å²) in [6.07, 6.45) is 6.27. The summed E-state index contributed by atoms with van der Waals surface area (Å²) in [6.45, 7) is 9.17. The number of likely N-dealkylation sites (tertiary alicyclic amines) is 1. The van der Waals surface area contributed by atoms with E-state index in [1.54, 1.807) is 6.07 Å². The number of carbonyl (C=O) groups is 1. The van der Waals surface area contributed by atoms with E-state index in [-0.39, 0.29) is 11.9 Å². The summed E-state index contributed by atoms with van der Waals surface area (Å²) in [4.78, 5) is 22.7.